The van der Waals surface area contributed by atoms with Crippen molar-refractivity contribution in [3.63, 3.8) is 0 Å². The van der Waals surface area contributed by atoms with E-state index in [2.05, 4.69) is 4.98 Å². The summed E-state index contributed by atoms with van der Waals surface area (Å²) in [6.07, 6.45) is 0.371. The first-order valence-electron chi connectivity index (χ1n) is 5.92. The monoisotopic (exact) mass is 327 g/mol. The molecule has 1 atom stereocenters. The van der Waals surface area contributed by atoms with Crippen molar-refractivity contribution >= 4 is 29.2 Å². The fourth-order valence-electron chi connectivity index (χ4n) is 1.63. The van der Waals surface area contributed by atoms with Crippen molar-refractivity contribution in [1.29, 1.82) is 0 Å². The summed E-state index contributed by atoms with van der Waals surface area (Å²) >= 11 is 11.8. The van der Waals surface area contributed by atoms with Crippen LogP contribution >= 0.6 is 23.2 Å². The Morgan fingerprint density at radius 3 is 2.62 bits per heavy atom. The molecule has 0 aliphatic rings. The van der Waals surface area contributed by atoms with E-state index in [1.807, 2.05) is 0 Å². The summed E-state index contributed by atoms with van der Waals surface area (Å²) in [4.78, 5) is 14.8. The predicted molar refractivity (Wildman–Crippen MR) is 79.1 cm³/mol. The number of halogens is 2. The molecule has 7 heteroatoms. The molecule has 2 aromatic rings. The molecular formula is C14H11Cl2NO4. The standard InChI is InChI=1S/C14H11Cl2NO4/c1-7(14(19)20)21-12-3-2-8(4-11(12)18)13-10(16)5-9(15)6-17-13/h2-7,18H,1H3,(H,19,20). The van der Waals surface area contributed by atoms with E-state index in [9.17, 15) is 9.90 Å². The largest absolute Gasteiger partial charge is 0.504 e. The van der Waals surface area contributed by atoms with Crippen LogP contribution in [0, 0.1) is 0 Å². The van der Waals surface area contributed by atoms with Crippen LogP contribution in [-0.2, 0) is 4.79 Å². The maximum atomic E-state index is 10.7. The van der Waals surface area contributed by atoms with Crippen LogP contribution in [-0.4, -0.2) is 27.3 Å². The number of pyridine rings is 1. The van der Waals surface area contributed by atoms with E-state index in [1.165, 1.54) is 25.3 Å². The number of carboxylic acid groups (broad SMARTS) is 1. The second-order valence-corrected chi connectivity index (χ2v) is 5.11. The third-order valence-corrected chi connectivity index (χ3v) is 3.19. The number of rotatable bonds is 4. The summed E-state index contributed by atoms with van der Waals surface area (Å²) in [6.45, 7) is 1.37. The molecule has 5 nitrogen and oxygen atoms in total. The van der Waals surface area contributed by atoms with E-state index < -0.39 is 12.1 Å². The van der Waals surface area contributed by atoms with Crippen molar-refractivity contribution in [2.45, 2.75) is 13.0 Å². The van der Waals surface area contributed by atoms with Gasteiger partial charge in [0.15, 0.2) is 17.6 Å². The number of aromatic hydroxyl groups is 1. The maximum Gasteiger partial charge on any atom is 0.344 e. The molecule has 0 bridgehead atoms. The highest BCUT2D eigenvalue weighted by atomic mass is 35.5. The number of aromatic nitrogens is 1. The highest BCUT2D eigenvalue weighted by molar-refractivity contribution is 6.36. The molecule has 2 rings (SSSR count). The minimum Gasteiger partial charge on any atom is -0.504 e. The van der Waals surface area contributed by atoms with Crippen molar-refractivity contribution in [3.8, 4) is 22.8 Å². The number of hydrogen-bond acceptors (Lipinski definition) is 4. The zero-order chi connectivity index (χ0) is 15.6. The Morgan fingerprint density at radius 2 is 2.05 bits per heavy atom. The van der Waals surface area contributed by atoms with Gasteiger partial charge in [-0.05, 0) is 31.2 Å². The summed E-state index contributed by atoms with van der Waals surface area (Å²) in [7, 11) is 0. The normalized spacial score (nSPS) is 12.0. The zero-order valence-corrected chi connectivity index (χ0v) is 12.4. The minimum atomic E-state index is -1.12. The van der Waals surface area contributed by atoms with Gasteiger partial charge in [-0.1, -0.05) is 23.2 Å². The van der Waals surface area contributed by atoms with Crippen molar-refractivity contribution in [2.24, 2.45) is 0 Å². The molecule has 0 amide bonds. The average molecular weight is 328 g/mol. The van der Waals surface area contributed by atoms with Crippen LogP contribution < -0.4 is 4.74 Å². The van der Waals surface area contributed by atoms with Gasteiger partial charge in [-0.2, -0.15) is 0 Å². The van der Waals surface area contributed by atoms with E-state index in [0.29, 0.717) is 21.3 Å². The summed E-state index contributed by atoms with van der Waals surface area (Å²) < 4.78 is 5.12. The van der Waals surface area contributed by atoms with Gasteiger partial charge in [-0.15, -0.1) is 0 Å². The molecule has 0 aliphatic heterocycles. The number of ether oxygens (including phenoxy) is 1. The summed E-state index contributed by atoms with van der Waals surface area (Å²) in [5, 5.41) is 19.4. The topological polar surface area (TPSA) is 79.7 Å². The predicted octanol–water partition coefficient (Wildman–Crippen LogP) is 3.61. The van der Waals surface area contributed by atoms with Crippen LogP contribution in [0.4, 0.5) is 0 Å². The fourth-order valence-corrected chi connectivity index (χ4v) is 2.12. The number of phenols is 1. The Balaban J connectivity index is 2.32. The Bertz CT molecular complexity index is 691. The lowest BCUT2D eigenvalue weighted by atomic mass is 10.1. The third-order valence-electron chi connectivity index (χ3n) is 2.69. The summed E-state index contributed by atoms with van der Waals surface area (Å²) in [6, 6.07) is 6.01. The number of benzene rings is 1. The summed E-state index contributed by atoms with van der Waals surface area (Å²) in [5.74, 6) is -1.26. The van der Waals surface area contributed by atoms with Crippen LogP contribution in [0.25, 0.3) is 11.3 Å². The van der Waals surface area contributed by atoms with Crippen molar-refractivity contribution in [1.82, 2.24) is 4.98 Å². The van der Waals surface area contributed by atoms with Gasteiger partial charge in [-0.25, -0.2) is 4.79 Å². The maximum absolute atomic E-state index is 10.7. The Kier molecular flexibility index (Phi) is 4.55. The van der Waals surface area contributed by atoms with Crippen molar-refractivity contribution in [3.05, 3.63) is 40.5 Å². The third kappa shape index (κ3) is 3.56. The SMILES string of the molecule is CC(Oc1ccc(-c2ncc(Cl)cc2Cl)cc1O)C(=O)O. The first-order chi connectivity index (χ1) is 9.88. The second-order valence-electron chi connectivity index (χ2n) is 4.26. The molecule has 21 heavy (non-hydrogen) atoms. The molecule has 2 N–H and O–H groups in total. The molecule has 1 aromatic carbocycles. The Labute approximate surface area is 130 Å². The smallest absolute Gasteiger partial charge is 0.344 e. The number of carboxylic acids is 1. The molecule has 0 spiro atoms. The number of nitrogens with zero attached hydrogens (tertiary/aromatic N) is 1. The van der Waals surface area contributed by atoms with Crippen molar-refractivity contribution < 1.29 is 19.7 Å². The van der Waals surface area contributed by atoms with E-state index in [0.717, 1.165) is 0 Å². The van der Waals surface area contributed by atoms with Crippen LogP contribution in [0.5, 0.6) is 11.5 Å². The molecule has 0 saturated heterocycles. The number of phenolic OH excluding ortho intramolecular Hbond substituents is 1. The second kappa shape index (κ2) is 6.20. The first-order valence-corrected chi connectivity index (χ1v) is 6.68. The van der Waals surface area contributed by atoms with E-state index in [4.69, 9.17) is 33.0 Å². The van der Waals surface area contributed by atoms with Gasteiger partial charge in [0.1, 0.15) is 0 Å². The molecule has 0 fully saturated rings. The fraction of sp³-hybridized carbons (Fsp3) is 0.143. The highest BCUT2D eigenvalue weighted by Gasteiger charge is 2.16. The number of aliphatic carboxylic acids is 1. The lowest BCUT2D eigenvalue weighted by molar-refractivity contribution is -0.144. The molecule has 0 radical (unpaired) electrons. The Hall–Kier alpha value is -1.98. The minimum absolute atomic E-state index is 0.0683. The summed E-state index contributed by atoms with van der Waals surface area (Å²) in [5.41, 5.74) is 1.01. The van der Waals surface area contributed by atoms with Gasteiger partial charge in [0, 0.05) is 11.8 Å². The molecule has 110 valence electrons. The zero-order valence-electron chi connectivity index (χ0n) is 10.9. The molecule has 1 unspecified atom stereocenters. The van der Waals surface area contributed by atoms with Crippen molar-refractivity contribution in [2.75, 3.05) is 0 Å². The van der Waals surface area contributed by atoms with Crippen LogP contribution in [0.3, 0.4) is 0 Å². The molecule has 1 aromatic heterocycles. The first kappa shape index (κ1) is 15.4. The van der Waals surface area contributed by atoms with Crippen LogP contribution in [0.1, 0.15) is 6.92 Å². The molecule has 1 heterocycles. The quantitative estimate of drug-likeness (QED) is 0.896. The van der Waals surface area contributed by atoms with Gasteiger partial charge in [-0.3, -0.25) is 4.98 Å². The molecule has 0 saturated carbocycles. The molecular weight excluding hydrogens is 317 g/mol. The Morgan fingerprint density at radius 1 is 1.33 bits per heavy atom. The van der Waals surface area contributed by atoms with Gasteiger partial charge in [0.2, 0.25) is 0 Å². The number of carbonyl (C=O) groups is 1. The highest BCUT2D eigenvalue weighted by Crippen LogP contribution is 2.34. The van der Waals surface area contributed by atoms with Gasteiger partial charge >= 0.3 is 5.97 Å². The lowest BCUT2D eigenvalue weighted by Crippen LogP contribution is -2.22. The lowest BCUT2D eigenvalue weighted by Gasteiger charge is -2.12. The van der Waals surface area contributed by atoms with Gasteiger partial charge < -0.3 is 14.9 Å². The van der Waals surface area contributed by atoms with E-state index >= 15 is 0 Å². The van der Waals surface area contributed by atoms with Crippen LogP contribution in [0.2, 0.25) is 10.0 Å². The number of hydrogen-bond donors (Lipinski definition) is 2. The van der Waals surface area contributed by atoms with Gasteiger partial charge in [0.25, 0.3) is 0 Å². The van der Waals surface area contributed by atoms with E-state index in [-0.39, 0.29) is 11.5 Å². The molecule has 0 aliphatic carbocycles. The van der Waals surface area contributed by atoms with E-state index in [1.54, 1.807) is 12.1 Å². The van der Waals surface area contributed by atoms with Gasteiger partial charge in [0.05, 0.1) is 15.7 Å². The average Bonchev–Trinajstić information content (AvgIpc) is 2.41. The van der Waals surface area contributed by atoms with Crippen LogP contribution in [0.15, 0.2) is 30.5 Å².